The number of hydrogen-bond donors (Lipinski definition) is 0. The lowest BCUT2D eigenvalue weighted by molar-refractivity contribution is -0.167. The first kappa shape index (κ1) is 72.4. The molecule has 0 aromatic rings. The first-order valence-corrected chi connectivity index (χ1v) is 33.1. The summed E-state index contributed by atoms with van der Waals surface area (Å²) >= 11 is 0. The highest BCUT2D eigenvalue weighted by Crippen LogP contribution is 2.18. The largest absolute Gasteiger partial charge is 0.462 e. The van der Waals surface area contributed by atoms with Crippen LogP contribution in [0.2, 0.25) is 0 Å². The minimum atomic E-state index is -0.769. The van der Waals surface area contributed by atoms with Gasteiger partial charge in [-0.05, 0) is 57.8 Å². The minimum absolute atomic E-state index is 0.0696. The van der Waals surface area contributed by atoms with Crippen LogP contribution in [-0.2, 0) is 28.6 Å². The average molecular weight is 1050 g/mol. The summed E-state index contributed by atoms with van der Waals surface area (Å²) in [6.07, 6.45) is 80.4. The molecule has 0 bridgehead atoms. The van der Waals surface area contributed by atoms with Gasteiger partial charge in [0.05, 0.1) is 0 Å². The fourth-order valence-electron chi connectivity index (χ4n) is 9.91. The summed E-state index contributed by atoms with van der Waals surface area (Å²) in [5.74, 6) is -0.866. The van der Waals surface area contributed by atoms with Crippen molar-refractivity contribution < 1.29 is 28.6 Å². The average Bonchev–Trinajstić information content (AvgIpc) is 3.41. The van der Waals surface area contributed by atoms with Gasteiger partial charge in [-0.15, -0.1) is 0 Å². The second-order valence-corrected chi connectivity index (χ2v) is 22.4. The van der Waals surface area contributed by atoms with Gasteiger partial charge in [0.2, 0.25) is 0 Å². The molecule has 0 aromatic carbocycles. The lowest BCUT2D eigenvalue weighted by atomic mass is 10.0. The summed E-state index contributed by atoms with van der Waals surface area (Å²) in [4.78, 5) is 38.0. The summed E-state index contributed by atoms with van der Waals surface area (Å²) < 4.78 is 16.8. The Morgan fingerprint density at radius 1 is 0.280 bits per heavy atom. The van der Waals surface area contributed by atoms with Crippen molar-refractivity contribution in [3.8, 4) is 0 Å². The zero-order valence-electron chi connectivity index (χ0n) is 50.3. The molecule has 6 heteroatoms. The first-order valence-electron chi connectivity index (χ1n) is 33.1. The fraction of sp³-hybridized carbons (Fsp3) is 0.841. The number of esters is 3. The van der Waals surface area contributed by atoms with Gasteiger partial charge < -0.3 is 14.2 Å². The van der Waals surface area contributed by atoms with Crippen LogP contribution < -0.4 is 0 Å². The van der Waals surface area contributed by atoms with E-state index in [1.54, 1.807) is 0 Å². The molecular formula is C69H126O6. The lowest BCUT2D eigenvalue weighted by Crippen LogP contribution is -2.30. The third-order valence-corrected chi connectivity index (χ3v) is 14.8. The topological polar surface area (TPSA) is 78.9 Å². The fourth-order valence-corrected chi connectivity index (χ4v) is 9.91. The molecule has 1 atom stereocenters. The Kier molecular flexibility index (Phi) is 61.7. The number of hydrogen-bond acceptors (Lipinski definition) is 6. The molecule has 0 fully saturated rings. The Morgan fingerprint density at radius 2 is 0.520 bits per heavy atom. The molecule has 0 spiro atoms. The molecule has 0 aliphatic carbocycles. The van der Waals surface area contributed by atoms with Gasteiger partial charge in [-0.3, -0.25) is 14.4 Å². The van der Waals surface area contributed by atoms with E-state index in [0.717, 1.165) is 89.9 Å². The van der Waals surface area contributed by atoms with Gasteiger partial charge in [-0.25, -0.2) is 0 Å². The van der Waals surface area contributed by atoms with Crippen LogP contribution >= 0.6 is 0 Å². The van der Waals surface area contributed by atoms with Crippen LogP contribution in [0.4, 0.5) is 0 Å². The summed E-state index contributed by atoms with van der Waals surface area (Å²) in [5, 5.41) is 0. The van der Waals surface area contributed by atoms with Crippen molar-refractivity contribution in [2.24, 2.45) is 0 Å². The van der Waals surface area contributed by atoms with Gasteiger partial charge in [0.25, 0.3) is 0 Å². The Bertz CT molecular complexity index is 1300. The molecular weight excluding hydrogens is 925 g/mol. The summed E-state index contributed by atoms with van der Waals surface area (Å²) in [7, 11) is 0. The molecule has 0 saturated carbocycles. The molecule has 0 aliphatic heterocycles. The van der Waals surface area contributed by atoms with E-state index in [1.165, 1.54) is 225 Å². The quantitative estimate of drug-likeness (QED) is 0.0261. The van der Waals surface area contributed by atoms with Crippen molar-refractivity contribution in [1.29, 1.82) is 0 Å². The maximum absolute atomic E-state index is 12.8. The number of allylic oxidation sites excluding steroid dienone is 8. The van der Waals surface area contributed by atoms with Gasteiger partial charge in [0.1, 0.15) is 13.2 Å². The van der Waals surface area contributed by atoms with Gasteiger partial charge in [-0.1, -0.05) is 326 Å². The first-order chi connectivity index (χ1) is 37.0. The molecule has 0 saturated heterocycles. The Balaban J connectivity index is 3.97. The molecule has 0 N–H and O–H groups in total. The van der Waals surface area contributed by atoms with Gasteiger partial charge in [0, 0.05) is 19.3 Å². The zero-order valence-corrected chi connectivity index (χ0v) is 50.3. The predicted molar refractivity (Wildman–Crippen MR) is 325 cm³/mol. The maximum Gasteiger partial charge on any atom is 0.306 e. The van der Waals surface area contributed by atoms with Gasteiger partial charge in [0.15, 0.2) is 6.10 Å². The van der Waals surface area contributed by atoms with E-state index in [1.807, 2.05) is 0 Å². The van der Waals surface area contributed by atoms with Crippen LogP contribution in [0.3, 0.4) is 0 Å². The number of carbonyl (C=O) groups excluding carboxylic acids is 3. The summed E-state index contributed by atoms with van der Waals surface area (Å²) in [6, 6.07) is 0. The molecule has 75 heavy (non-hydrogen) atoms. The van der Waals surface area contributed by atoms with Crippen molar-refractivity contribution in [1.82, 2.24) is 0 Å². The van der Waals surface area contributed by atoms with E-state index < -0.39 is 6.10 Å². The van der Waals surface area contributed by atoms with Crippen LogP contribution in [0.25, 0.3) is 0 Å². The normalized spacial score (nSPS) is 12.3. The van der Waals surface area contributed by atoms with E-state index in [2.05, 4.69) is 69.4 Å². The second-order valence-electron chi connectivity index (χ2n) is 22.4. The maximum atomic E-state index is 12.8. The van der Waals surface area contributed by atoms with E-state index >= 15 is 0 Å². The molecule has 0 rings (SSSR count). The van der Waals surface area contributed by atoms with Crippen LogP contribution in [-0.4, -0.2) is 37.2 Å². The Hall–Kier alpha value is -2.63. The molecule has 6 nitrogen and oxygen atoms in total. The highest BCUT2D eigenvalue weighted by molar-refractivity contribution is 5.71. The highest BCUT2D eigenvalue weighted by Gasteiger charge is 2.19. The standard InChI is InChI=1S/C69H126O6/c1-4-7-10-13-15-17-19-21-23-25-27-29-31-33-34-36-37-39-41-43-45-47-49-51-53-56-59-62-68(71)74-65-66(64-73-67(70)61-58-55-12-9-6-3)75-69(72)63-60-57-54-52-50-48-46-44-42-40-38-35-32-30-28-26-24-22-20-18-16-14-11-8-5-2/h8,11,16,18,22,24,28,30,66H,4-7,9-10,12-15,17,19-21,23,25-27,29,31-65H2,1-3H3/b11-8-,18-16-,24-22-,30-28-. The third-order valence-electron chi connectivity index (χ3n) is 14.8. The van der Waals surface area contributed by atoms with Gasteiger partial charge >= 0.3 is 17.9 Å². The van der Waals surface area contributed by atoms with Crippen molar-refractivity contribution >= 4 is 17.9 Å². The summed E-state index contributed by atoms with van der Waals surface area (Å²) in [5.41, 5.74) is 0. The SMILES string of the molecule is CC/C=C\C/C=C\C/C=C\C/C=C\CCCCCCCCCCCCCCC(=O)OC(COC(=O)CCCCCCC)COC(=O)CCCCCCCCCCCCCCCCCCCCCCCCCCCCC. The van der Waals surface area contributed by atoms with Crippen LogP contribution in [0, 0.1) is 0 Å². The van der Waals surface area contributed by atoms with Crippen molar-refractivity contribution in [2.75, 3.05) is 13.2 Å². The number of ether oxygens (including phenoxy) is 3. The lowest BCUT2D eigenvalue weighted by Gasteiger charge is -2.18. The van der Waals surface area contributed by atoms with E-state index in [4.69, 9.17) is 14.2 Å². The molecule has 1 unspecified atom stereocenters. The monoisotopic (exact) mass is 1050 g/mol. The molecule has 0 amide bonds. The van der Waals surface area contributed by atoms with E-state index in [-0.39, 0.29) is 31.1 Å². The Labute approximate surface area is 467 Å². The number of unbranched alkanes of at least 4 members (excludes halogenated alkanes) is 42. The number of carbonyl (C=O) groups is 3. The van der Waals surface area contributed by atoms with Crippen molar-refractivity contribution in [3.63, 3.8) is 0 Å². The van der Waals surface area contributed by atoms with Crippen LogP contribution in [0.15, 0.2) is 48.6 Å². The minimum Gasteiger partial charge on any atom is -0.462 e. The van der Waals surface area contributed by atoms with E-state index in [9.17, 15) is 14.4 Å². The predicted octanol–water partition coefficient (Wildman–Crippen LogP) is 22.6. The van der Waals surface area contributed by atoms with Crippen molar-refractivity contribution in [3.05, 3.63) is 48.6 Å². The number of rotatable bonds is 61. The molecule has 0 heterocycles. The molecule has 0 radical (unpaired) electrons. The highest BCUT2D eigenvalue weighted by atomic mass is 16.6. The van der Waals surface area contributed by atoms with Crippen LogP contribution in [0.1, 0.15) is 355 Å². The van der Waals surface area contributed by atoms with Crippen molar-refractivity contribution in [2.45, 2.75) is 361 Å². The Morgan fingerprint density at radius 3 is 0.813 bits per heavy atom. The third kappa shape index (κ3) is 62.1. The van der Waals surface area contributed by atoms with E-state index in [0.29, 0.717) is 19.3 Å². The molecule has 0 aliphatic rings. The van der Waals surface area contributed by atoms with Crippen LogP contribution in [0.5, 0.6) is 0 Å². The zero-order chi connectivity index (χ0) is 54.3. The molecule has 438 valence electrons. The summed E-state index contributed by atoms with van der Waals surface area (Å²) in [6.45, 7) is 6.50. The van der Waals surface area contributed by atoms with Gasteiger partial charge in [-0.2, -0.15) is 0 Å². The second kappa shape index (κ2) is 63.9. The molecule has 0 aromatic heterocycles. The smallest absolute Gasteiger partial charge is 0.306 e.